The molecule has 0 spiro atoms. The summed E-state index contributed by atoms with van der Waals surface area (Å²) in [6.07, 6.45) is 3.08. The van der Waals surface area contributed by atoms with E-state index in [1.807, 2.05) is 12.1 Å². The highest BCUT2D eigenvalue weighted by atomic mass is 16.5. The zero-order valence-electron chi connectivity index (χ0n) is 12.5. The first-order chi connectivity index (χ1) is 10.3. The molecule has 2 heterocycles. The van der Waals surface area contributed by atoms with Gasteiger partial charge in [-0.25, -0.2) is 0 Å². The molecule has 112 valence electrons. The van der Waals surface area contributed by atoms with Crippen LogP contribution in [-0.2, 0) is 13.0 Å². The van der Waals surface area contributed by atoms with Crippen molar-refractivity contribution in [3.05, 3.63) is 23.4 Å². The van der Waals surface area contributed by atoms with Crippen molar-refractivity contribution in [2.75, 3.05) is 14.2 Å². The highest BCUT2D eigenvalue weighted by Gasteiger charge is 2.24. The second kappa shape index (κ2) is 5.63. The van der Waals surface area contributed by atoms with E-state index in [0.29, 0.717) is 18.1 Å². The Morgan fingerprint density at radius 2 is 2.00 bits per heavy atom. The van der Waals surface area contributed by atoms with Crippen molar-refractivity contribution in [1.29, 1.82) is 0 Å². The standard InChI is InChI=1S/C15H19N3O3/c1-4-5-6-11-15-18(17-16-11)12-8-14(20-3)13(19-2)7-10(12)9-21-15/h7-8H,4-6,9H2,1-3H3. The Morgan fingerprint density at radius 3 is 2.71 bits per heavy atom. The van der Waals surface area contributed by atoms with Gasteiger partial charge in [0, 0.05) is 11.6 Å². The highest BCUT2D eigenvalue weighted by Crippen LogP contribution is 2.37. The number of fused-ring (bicyclic) bond motifs is 3. The largest absolute Gasteiger partial charge is 0.493 e. The minimum Gasteiger partial charge on any atom is -0.493 e. The quantitative estimate of drug-likeness (QED) is 0.846. The lowest BCUT2D eigenvalue weighted by atomic mass is 10.1. The van der Waals surface area contributed by atoms with Crippen molar-refractivity contribution in [3.8, 4) is 23.1 Å². The number of hydrogen-bond acceptors (Lipinski definition) is 5. The predicted octanol–water partition coefficient (Wildman–Crippen LogP) is 2.52. The fourth-order valence-corrected chi connectivity index (χ4v) is 2.48. The average molecular weight is 289 g/mol. The number of ether oxygens (including phenoxy) is 3. The first-order valence-electron chi connectivity index (χ1n) is 7.11. The third-order valence-corrected chi connectivity index (χ3v) is 3.64. The normalized spacial score (nSPS) is 12.3. The number of aromatic nitrogens is 3. The van der Waals surface area contributed by atoms with Gasteiger partial charge in [0.15, 0.2) is 11.5 Å². The molecule has 0 atom stereocenters. The van der Waals surface area contributed by atoms with Crippen molar-refractivity contribution >= 4 is 0 Å². The summed E-state index contributed by atoms with van der Waals surface area (Å²) in [4.78, 5) is 0. The Bertz CT molecular complexity index is 652. The summed E-state index contributed by atoms with van der Waals surface area (Å²) in [5.74, 6) is 2.10. The van der Waals surface area contributed by atoms with Crippen molar-refractivity contribution < 1.29 is 14.2 Å². The van der Waals surface area contributed by atoms with Crippen molar-refractivity contribution in [3.63, 3.8) is 0 Å². The fraction of sp³-hybridized carbons (Fsp3) is 0.467. The summed E-state index contributed by atoms with van der Waals surface area (Å²) in [5, 5.41) is 8.48. The molecule has 0 N–H and O–H groups in total. The summed E-state index contributed by atoms with van der Waals surface area (Å²) < 4.78 is 18.3. The minimum atomic E-state index is 0.488. The molecule has 1 aliphatic rings. The van der Waals surface area contributed by atoms with Crippen molar-refractivity contribution in [2.24, 2.45) is 0 Å². The van der Waals surface area contributed by atoms with Gasteiger partial charge in [-0.3, -0.25) is 0 Å². The number of aryl methyl sites for hydroxylation is 1. The maximum Gasteiger partial charge on any atom is 0.241 e. The lowest BCUT2D eigenvalue weighted by molar-refractivity contribution is 0.265. The monoisotopic (exact) mass is 289 g/mol. The van der Waals surface area contributed by atoms with Gasteiger partial charge in [-0.15, -0.1) is 5.10 Å². The van der Waals surface area contributed by atoms with Crippen LogP contribution in [0.15, 0.2) is 12.1 Å². The molecule has 6 heteroatoms. The lowest BCUT2D eigenvalue weighted by Gasteiger charge is -2.20. The van der Waals surface area contributed by atoms with E-state index in [0.717, 1.165) is 42.1 Å². The van der Waals surface area contributed by atoms with E-state index in [2.05, 4.69) is 17.2 Å². The topological polar surface area (TPSA) is 58.4 Å². The molecule has 21 heavy (non-hydrogen) atoms. The molecule has 1 aromatic carbocycles. The second-order valence-corrected chi connectivity index (χ2v) is 4.98. The molecule has 0 radical (unpaired) electrons. The molecule has 2 aromatic rings. The van der Waals surface area contributed by atoms with Gasteiger partial charge in [-0.05, 0) is 18.9 Å². The van der Waals surface area contributed by atoms with Gasteiger partial charge in [0.25, 0.3) is 0 Å². The summed E-state index contributed by atoms with van der Waals surface area (Å²) in [5.41, 5.74) is 2.86. The maximum atomic E-state index is 5.83. The number of unbranched alkanes of at least 4 members (excludes halogenated alkanes) is 1. The molecule has 0 bridgehead atoms. The Hall–Kier alpha value is -2.24. The van der Waals surface area contributed by atoms with Crippen LogP contribution in [0, 0.1) is 0 Å². The molecule has 0 saturated heterocycles. The van der Waals surface area contributed by atoms with Gasteiger partial charge in [-0.2, -0.15) is 4.68 Å². The number of methoxy groups -OCH3 is 2. The maximum absolute atomic E-state index is 5.83. The van der Waals surface area contributed by atoms with Crippen molar-refractivity contribution in [2.45, 2.75) is 32.8 Å². The molecular weight excluding hydrogens is 270 g/mol. The summed E-state index contributed by atoms with van der Waals surface area (Å²) in [6.45, 7) is 2.64. The minimum absolute atomic E-state index is 0.488. The van der Waals surface area contributed by atoms with E-state index < -0.39 is 0 Å². The van der Waals surface area contributed by atoms with Crippen LogP contribution < -0.4 is 14.2 Å². The van der Waals surface area contributed by atoms with E-state index in [4.69, 9.17) is 14.2 Å². The summed E-state index contributed by atoms with van der Waals surface area (Å²) in [7, 11) is 3.25. The van der Waals surface area contributed by atoms with E-state index >= 15 is 0 Å². The molecule has 0 unspecified atom stereocenters. The Balaban J connectivity index is 2.04. The number of benzene rings is 1. The summed E-state index contributed by atoms with van der Waals surface area (Å²) >= 11 is 0. The van der Waals surface area contributed by atoms with Crippen LogP contribution in [0.5, 0.6) is 17.4 Å². The van der Waals surface area contributed by atoms with Crippen LogP contribution in [0.4, 0.5) is 0 Å². The Morgan fingerprint density at radius 1 is 1.24 bits per heavy atom. The van der Waals surface area contributed by atoms with E-state index in [-0.39, 0.29) is 0 Å². The molecular formula is C15H19N3O3. The zero-order chi connectivity index (χ0) is 14.8. The third-order valence-electron chi connectivity index (χ3n) is 3.64. The summed E-state index contributed by atoms with van der Waals surface area (Å²) in [6, 6.07) is 3.84. The van der Waals surface area contributed by atoms with Crippen LogP contribution in [-0.4, -0.2) is 29.2 Å². The fourth-order valence-electron chi connectivity index (χ4n) is 2.48. The molecule has 3 rings (SSSR count). The third kappa shape index (κ3) is 2.30. The van der Waals surface area contributed by atoms with Crippen LogP contribution in [0.3, 0.4) is 0 Å². The first kappa shape index (κ1) is 13.7. The molecule has 0 fully saturated rings. The molecule has 0 saturated carbocycles. The van der Waals surface area contributed by atoms with E-state index in [1.54, 1.807) is 18.9 Å². The predicted molar refractivity (Wildman–Crippen MR) is 77.4 cm³/mol. The van der Waals surface area contributed by atoms with Crippen LogP contribution in [0.2, 0.25) is 0 Å². The SMILES string of the molecule is CCCCc1nnn2c1OCc1cc(OC)c(OC)cc1-2. The smallest absolute Gasteiger partial charge is 0.241 e. The van der Waals surface area contributed by atoms with Crippen LogP contribution in [0.25, 0.3) is 5.69 Å². The van der Waals surface area contributed by atoms with Crippen LogP contribution in [0.1, 0.15) is 31.0 Å². The molecule has 1 aromatic heterocycles. The lowest BCUT2D eigenvalue weighted by Crippen LogP contribution is -2.14. The van der Waals surface area contributed by atoms with E-state index in [1.165, 1.54) is 0 Å². The molecule has 1 aliphatic heterocycles. The van der Waals surface area contributed by atoms with Gasteiger partial charge in [0.1, 0.15) is 12.3 Å². The Kier molecular flexibility index (Phi) is 3.68. The zero-order valence-corrected chi connectivity index (χ0v) is 12.5. The number of hydrogen-bond donors (Lipinski definition) is 0. The number of nitrogens with zero attached hydrogens (tertiary/aromatic N) is 3. The van der Waals surface area contributed by atoms with E-state index in [9.17, 15) is 0 Å². The van der Waals surface area contributed by atoms with Crippen LogP contribution >= 0.6 is 0 Å². The average Bonchev–Trinajstić information content (AvgIpc) is 2.94. The van der Waals surface area contributed by atoms with Crippen molar-refractivity contribution in [1.82, 2.24) is 15.0 Å². The molecule has 6 nitrogen and oxygen atoms in total. The molecule has 0 amide bonds. The second-order valence-electron chi connectivity index (χ2n) is 4.98. The molecule has 0 aliphatic carbocycles. The Labute approximate surface area is 123 Å². The van der Waals surface area contributed by atoms with Gasteiger partial charge < -0.3 is 14.2 Å². The van der Waals surface area contributed by atoms with Gasteiger partial charge in [0.05, 0.1) is 19.9 Å². The first-order valence-corrected chi connectivity index (χ1v) is 7.11. The van der Waals surface area contributed by atoms with Gasteiger partial charge in [-0.1, -0.05) is 18.6 Å². The van der Waals surface area contributed by atoms with Gasteiger partial charge >= 0.3 is 0 Å². The highest BCUT2D eigenvalue weighted by molar-refractivity contribution is 5.56. The number of rotatable bonds is 5. The van der Waals surface area contributed by atoms with Gasteiger partial charge in [0.2, 0.25) is 5.88 Å².